The Labute approximate surface area is 70.2 Å². The van der Waals surface area contributed by atoms with E-state index in [1.165, 1.54) is 42.5 Å². The summed E-state index contributed by atoms with van der Waals surface area (Å²) in [5.41, 5.74) is 0. The molecule has 0 unspecified atom stereocenters. The lowest BCUT2D eigenvalue weighted by atomic mass is 10.2. The van der Waals surface area contributed by atoms with Crippen LogP contribution in [0.15, 0.2) is 12.3 Å². The lowest BCUT2D eigenvalue weighted by molar-refractivity contribution is 0.567. The molecule has 0 radical (unpaired) electrons. The highest BCUT2D eigenvalue weighted by atomic mass is 33.1. The number of allylic oxidation sites excluding steroid dienone is 1. The molecule has 58 valence electrons. The summed E-state index contributed by atoms with van der Waals surface area (Å²) in [7, 11) is 1.79. The van der Waals surface area contributed by atoms with E-state index < -0.39 is 0 Å². The molecule has 0 fully saturated rings. The Balaban J connectivity index is 2.13. The first-order valence-corrected chi connectivity index (χ1v) is 5.84. The quantitative estimate of drug-likeness (QED) is 0.413. The zero-order chi connectivity index (χ0) is 7.07. The summed E-state index contributed by atoms with van der Waals surface area (Å²) in [6.07, 6.45) is 9.06. The van der Waals surface area contributed by atoms with Gasteiger partial charge in [0.1, 0.15) is 11.1 Å². The van der Waals surface area contributed by atoms with Gasteiger partial charge in [-0.3, -0.25) is 0 Å². The lowest BCUT2D eigenvalue weighted by Gasteiger charge is -2.01. The average Bonchev–Trinajstić information content (AvgIpc) is 2.01. The standard InChI is InChI=1S/C7H12OS2/c1-2-4-6-8-10-9-7-5-3-1/h4,6H,1-3,5,7H2. The van der Waals surface area contributed by atoms with Crippen LogP contribution in [-0.4, -0.2) is 5.75 Å². The van der Waals surface area contributed by atoms with E-state index in [9.17, 15) is 0 Å². The van der Waals surface area contributed by atoms with Gasteiger partial charge in [0.2, 0.25) is 0 Å². The Hall–Kier alpha value is 0.240. The van der Waals surface area contributed by atoms with Crippen molar-refractivity contribution in [2.75, 3.05) is 5.75 Å². The Morgan fingerprint density at radius 2 is 2.20 bits per heavy atom. The third-order valence-electron chi connectivity index (χ3n) is 1.34. The minimum Gasteiger partial charge on any atom is -0.422 e. The minimum absolute atomic E-state index is 1.17. The molecule has 0 spiro atoms. The van der Waals surface area contributed by atoms with Crippen molar-refractivity contribution in [3.63, 3.8) is 0 Å². The molecule has 1 aliphatic heterocycles. The molecule has 10 heavy (non-hydrogen) atoms. The summed E-state index contributed by atoms with van der Waals surface area (Å²) in [5, 5.41) is 0. The van der Waals surface area contributed by atoms with Crippen LogP contribution in [0.5, 0.6) is 0 Å². The molecule has 3 heteroatoms. The van der Waals surface area contributed by atoms with Crippen molar-refractivity contribution in [2.45, 2.75) is 25.7 Å². The van der Waals surface area contributed by atoms with Crippen molar-refractivity contribution < 1.29 is 4.18 Å². The smallest absolute Gasteiger partial charge is 0.125 e. The van der Waals surface area contributed by atoms with Crippen molar-refractivity contribution in [1.29, 1.82) is 0 Å². The highest BCUT2D eigenvalue weighted by Gasteiger charge is 1.93. The van der Waals surface area contributed by atoms with E-state index in [-0.39, 0.29) is 0 Å². The molecule has 0 atom stereocenters. The second-order valence-electron chi connectivity index (χ2n) is 2.21. The van der Waals surface area contributed by atoms with E-state index in [2.05, 4.69) is 6.08 Å². The van der Waals surface area contributed by atoms with Crippen molar-refractivity contribution >= 4 is 21.9 Å². The average molecular weight is 176 g/mol. The molecule has 0 aliphatic carbocycles. The predicted molar refractivity (Wildman–Crippen MR) is 48.7 cm³/mol. The maximum Gasteiger partial charge on any atom is 0.125 e. The fourth-order valence-electron chi connectivity index (χ4n) is 0.792. The Morgan fingerprint density at radius 1 is 1.20 bits per heavy atom. The molecule has 0 bridgehead atoms. The van der Waals surface area contributed by atoms with Crippen LogP contribution in [0.25, 0.3) is 0 Å². The molecule has 1 heterocycles. The Kier molecular flexibility index (Phi) is 4.99. The number of rotatable bonds is 0. The third-order valence-corrected chi connectivity index (χ3v) is 3.10. The normalized spacial score (nSPS) is 21.6. The molecule has 0 aromatic carbocycles. The predicted octanol–water partition coefficient (Wildman–Crippen LogP) is 3.39. The van der Waals surface area contributed by atoms with Gasteiger partial charge in [0, 0.05) is 5.75 Å². The van der Waals surface area contributed by atoms with Crippen LogP contribution in [0, 0.1) is 0 Å². The van der Waals surface area contributed by atoms with Crippen LogP contribution in [0.2, 0.25) is 0 Å². The summed E-state index contributed by atoms with van der Waals surface area (Å²) in [6.45, 7) is 0. The van der Waals surface area contributed by atoms with E-state index in [0.717, 1.165) is 0 Å². The van der Waals surface area contributed by atoms with Crippen molar-refractivity contribution in [3.8, 4) is 0 Å². The minimum atomic E-state index is 1.17. The molecule has 0 N–H and O–H groups in total. The van der Waals surface area contributed by atoms with Gasteiger partial charge in [0.25, 0.3) is 0 Å². The van der Waals surface area contributed by atoms with Crippen LogP contribution < -0.4 is 0 Å². The van der Waals surface area contributed by atoms with Gasteiger partial charge in [-0.15, -0.1) is 0 Å². The first-order chi connectivity index (χ1) is 5.00. The molecular weight excluding hydrogens is 164 g/mol. The summed E-state index contributed by atoms with van der Waals surface area (Å²) >= 11 is 1.48. The summed E-state index contributed by atoms with van der Waals surface area (Å²) < 4.78 is 5.11. The van der Waals surface area contributed by atoms with Crippen LogP contribution >= 0.6 is 21.9 Å². The molecule has 0 saturated heterocycles. The van der Waals surface area contributed by atoms with Gasteiger partial charge >= 0.3 is 0 Å². The molecule has 0 aromatic heterocycles. The number of hydrogen-bond donors (Lipinski definition) is 0. The van der Waals surface area contributed by atoms with Crippen LogP contribution in [0.4, 0.5) is 0 Å². The van der Waals surface area contributed by atoms with E-state index >= 15 is 0 Å². The molecular formula is C7H12OS2. The lowest BCUT2D eigenvalue weighted by Crippen LogP contribution is -1.80. The van der Waals surface area contributed by atoms with Gasteiger partial charge < -0.3 is 4.18 Å². The van der Waals surface area contributed by atoms with E-state index in [0.29, 0.717) is 0 Å². The Morgan fingerprint density at radius 3 is 3.20 bits per heavy atom. The monoisotopic (exact) mass is 176 g/mol. The topological polar surface area (TPSA) is 9.23 Å². The van der Waals surface area contributed by atoms with E-state index in [4.69, 9.17) is 4.18 Å². The zero-order valence-electron chi connectivity index (χ0n) is 5.91. The van der Waals surface area contributed by atoms with Gasteiger partial charge in [-0.2, -0.15) is 0 Å². The highest BCUT2D eigenvalue weighted by molar-refractivity contribution is 8.74. The molecule has 1 rings (SSSR count). The fraction of sp³-hybridized carbons (Fsp3) is 0.714. The second kappa shape index (κ2) is 5.98. The van der Waals surface area contributed by atoms with Crippen LogP contribution in [0.3, 0.4) is 0 Å². The van der Waals surface area contributed by atoms with E-state index in [1.807, 2.05) is 0 Å². The molecule has 1 aliphatic rings. The maximum absolute atomic E-state index is 5.11. The molecule has 1 nitrogen and oxygen atoms in total. The van der Waals surface area contributed by atoms with Gasteiger partial charge in [0.05, 0.1) is 6.26 Å². The number of hydrogen-bond acceptors (Lipinski definition) is 3. The molecule has 0 aromatic rings. The molecule has 0 saturated carbocycles. The summed E-state index contributed by atoms with van der Waals surface area (Å²) in [4.78, 5) is 0. The first-order valence-electron chi connectivity index (χ1n) is 3.60. The first kappa shape index (κ1) is 8.34. The molecule has 0 amide bonds. The zero-order valence-corrected chi connectivity index (χ0v) is 7.55. The van der Waals surface area contributed by atoms with Crippen LogP contribution in [-0.2, 0) is 4.18 Å². The summed E-state index contributed by atoms with van der Waals surface area (Å²) in [6, 6.07) is 0. The van der Waals surface area contributed by atoms with Gasteiger partial charge in [0.15, 0.2) is 0 Å². The SMILES string of the molecule is C1=COSSCCCCC1. The van der Waals surface area contributed by atoms with Crippen molar-refractivity contribution in [2.24, 2.45) is 0 Å². The Bertz CT molecular complexity index is 91.8. The maximum atomic E-state index is 5.11. The fourth-order valence-corrected chi connectivity index (χ4v) is 2.22. The van der Waals surface area contributed by atoms with Crippen molar-refractivity contribution in [1.82, 2.24) is 0 Å². The highest BCUT2D eigenvalue weighted by Crippen LogP contribution is 2.25. The summed E-state index contributed by atoms with van der Waals surface area (Å²) in [5.74, 6) is 1.22. The van der Waals surface area contributed by atoms with Gasteiger partial charge in [-0.05, 0) is 25.3 Å². The second-order valence-corrected chi connectivity index (χ2v) is 4.30. The van der Waals surface area contributed by atoms with Crippen molar-refractivity contribution in [3.05, 3.63) is 12.3 Å². The largest absolute Gasteiger partial charge is 0.422 e. The third kappa shape index (κ3) is 4.12. The van der Waals surface area contributed by atoms with Crippen LogP contribution in [0.1, 0.15) is 25.7 Å². The van der Waals surface area contributed by atoms with Gasteiger partial charge in [-0.25, -0.2) is 0 Å². The van der Waals surface area contributed by atoms with E-state index in [1.54, 1.807) is 17.1 Å². The van der Waals surface area contributed by atoms with Gasteiger partial charge in [-0.1, -0.05) is 17.2 Å².